The van der Waals surface area contributed by atoms with Gasteiger partial charge in [0.15, 0.2) is 0 Å². The first-order valence-corrected chi connectivity index (χ1v) is 8.75. The van der Waals surface area contributed by atoms with E-state index in [0.717, 1.165) is 57.2 Å². The van der Waals surface area contributed by atoms with Crippen LogP contribution in [0.4, 0.5) is 5.69 Å². The van der Waals surface area contributed by atoms with Gasteiger partial charge in [-0.3, -0.25) is 0 Å². The van der Waals surface area contributed by atoms with Gasteiger partial charge >= 0.3 is 0 Å². The van der Waals surface area contributed by atoms with Crippen molar-refractivity contribution in [2.75, 3.05) is 11.4 Å². The summed E-state index contributed by atoms with van der Waals surface area (Å²) in [4.78, 5) is 2.44. The van der Waals surface area contributed by atoms with Crippen molar-refractivity contribution in [1.29, 1.82) is 0 Å². The van der Waals surface area contributed by atoms with Gasteiger partial charge in [0.05, 0.1) is 11.8 Å². The van der Waals surface area contributed by atoms with Crippen molar-refractivity contribution in [2.24, 2.45) is 5.16 Å². The Bertz CT molecular complexity index is 603. The molecule has 1 aliphatic heterocycles. The van der Waals surface area contributed by atoms with Gasteiger partial charge in [-0.15, -0.1) is 0 Å². The van der Waals surface area contributed by atoms with E-state index in [9.17, 15) is 5.21 Å². The third-order valence-electron chi connectivity index (χ3n) is 4.82. The molecule has 2 aliphatic rings. The molecule has 0 radical (unpaired) electrons. The predicted octanol–water partition coefficient (Wildman–Crippen LogP) is 4.71. The van der Waals surface area contributed by atoms with Gasteiger partial charge in [-0.1, -0.05) is 47.7 Å². The molecule has 1 unspecified atom stereocenters. The SMILES string of the molecule is ON=C1CCC=CCCC=CCCC1N1CCc2ccccc21. The number of para-hydroxylation sites is 1. The van der Waals surface area contributed by atoms with Crippen LogP contribution in [0.5, 0.6) is 0 Å². The van der Waals surface area contributed by atoms with Crippen molar-refractivity contribution in [3.63, 3.8) is 0 Å². The van der Waals surface area contributed by atoms with Crippen LogP contribution in [0, 0.1) is 0 Å². The molecule has 1 aliphatic carbocycles. The summed E-state index contributed by atoms with van der Waals surface area (Å²) in [5.41, 5.74) is 3.64. The monoisotopic (exact) mass is 310 g/mol. The summed E-state index contributed by atoms with van der Waals surface area (Å²) < 4.78 is 0. The number of oxime groups is 1. The topological polar surface area (TPSA) is 35.8 Å². The van der Waals surface area contributed by atoms with Gasteiger partial charge in [-0.05, 0) is 56.6 Å². The Morgan fingerprint density at radius 3 is 2.48 bits per heavy atom. The third kappa shape index (κ3) is 3.84. The van der Waals surface area contributed by atoms with E-state index in [-0.39, 0.29) is 6.04 Å². The quantitative estimate of drug-likeness (QED) is 0.463. The van der Waals surface area contributed by atoms with E-state index in [2.05, 4.69) is 58.6 Å². The van der Waals surface area contributed by atoms with Crippen molar-refractivity contribution in [3.8, 4) is 0 Å². The van der Waals surface area contributed by atoms with Crippen LogP contribution in [0.1, 0.15) is 44.1 Å². The van der Waals surface area contributed by atoms with Crippen LogP contribution in [0.3, 0.4) is 0 Å². The van der Waals surface area contributed by atoms with Crippen molar-refractivity contribution in [1.82, 2.24) is 0 Å². The van der Waals surface area contributed by atoms with Gasteiger partial charge in [0.2, 0.25) is 0 Å². The number of benzene rings is 1. The van der Waals surface area contributed by atoms with Gasteiger partial charge in [-0.25, -0.2) is 0 Å². The number of allylic oxidation sites excluding steroid dienone is 4. The van der Waals surface area contributed by atoms with E-state index >= 15 is 0 Å². The van der Waals surface area contributed by atoms with E-state index in [0.29, 0.717) is 0 Å². The highest BCUT2D eigenvalue weighted by atomic mass is 16.4. The summed E-state index contributed by atoms with van der Waals surface area (Å²) in [6.07, 6.45) is 16.1. The average Bonchev–Trinajstić information content (AvgIpc) is 2.99. The molecule has 0 bridgehead atoms. The molecule has 1 heterocycles. The molecule has 1 aromatic rings. The Labute approximate surface area is 139 Å². The molecule has 0 saturated carbocycles. The molecule has 0 amide bonds. The highest BCUT2D eigenvalue weighted by Crippen LogP contribution is 2.31. The molecule has 1 aromatic carbocycles. The Hall–Kier alpha value is -2.03. The summed E-state index contributed by atoms with van der Waals surface area (Å²) in [7, 11) is 0. The number of hydrogen-bond acceptors (Lipinski definition) is 3. The molecule has 3 rings (SSSR count). The number of anilines is 1. The fourth-order valence-electron chi connectivity index (χ4n) is 3.62. The zero-order valence-corrected chi connectivity index (χ0v) is 13.7. The number of fused-ring (bicyclic) bond motifs is 1. The van der Waals surface area contributed by atoms with Crippen LogP contribution in [0.15, 0.2) is 53.7 Å². The molecule has 23 heavy (non-hydrogen) atoms. The molecule has 3 heteroatoms. The highest BCUT2D eigenvalue weighted by Gasteiger charge is 2.28. The Morgan fingerprint density at radius 2 is 1.65 bits per heavy atom. The minimum absolute atomic E-state index is 0.195. The van der Waals surface area contributed by atoms with E-state index in [1.165, 1.54) is 11.3 Å². The Morgan fingerprint density at radius 1 is 0.913 bits per heavy atom. The molecule has 1 atom stereocenters. The van der Waals surface area contributed by atoms with E-state index < -0.39 is 0 Å². The van der Waals surface area contributed by atoms with Crippen molar-refractivity contribution < 1.29 is 5.21 Å². The minimum Gasteiger partial charge on any atom is -0.411 e. The smallest absolute Gasteiger partial charge is 0.0798 e. The van der Waals surface area contributed by atoms with E-state index in [1.54, 1.807) is 0 Å². The van der Waals surface area contributed by atoms with Crippen LogP contribution in [0.25, 0.3) is 0 Å². The van der Waals surface area contributed by atoms with Gasteiger partial charge in [-0.2, -0.15) is 0 Å². The molecular formula is C20H26N2O. The zero-order valence-electron chi connectivity index (χ0n) is 13.7. The second-order valence-corrected chi connectivity index (χ2v) is 6.32. The highest BCUT2D eigenvalue weighted by molar-refractivity contribution is 5.92. The number of nitrogens with zero attached hydrogens (tertiary/aromatic N) is 2. The predicted molar refractivity (Wildman–Crippen MR) is 96.5 cm³/mol. The van der Waals surface area contributed by atoms with Gasteiger partial charge < -0.3 is 10.1 Å². The van der Waals surface area contributed by atoms with E-state index in [1.807, 2.05) is 0 Å². The van der Waals surface area contributed by atoms with Gasteiger partial charge in [0.1, 0.15) is 0 Å². The van der Waals surface area contributed by atoms with Crippen LogP contribution in [-0.2, 0) is 6.42 Å². The van der Waals surface area contributed by atoms with Crippen molar-refractivity contribution in [3.05, 3.63) is 54.1 Å². The largest absolute Gasteiger partial charge is 0.411 e. The fourth-order valence-corrected chi connectivity index (χ4v) is 3.62. The Kier molecular flexibility index (Phi) is 5.51. The van der Waals surface area contributed by atoms with Crippen LogP contribution in [-0.4, -0.2) is 23.5 Å². The summed E-state index contributed by atoms with van der Waals surface area (Å²) in [6, 6.07) is 8.82. The van der Waals surface area contributed by atoms with Crippen LogP contribution in [0.2, 0.25) is 0 Å². The molecule has 3 nitrogen and oxygen atoms in total. The molecule has 0 spiro atoms. The summed E-state index contributed by atoms with van der Waals surface area (Å²) >= 11 is 0. The first kappa shape index (κ1) is 15.9. The second kappa shape index (κ2) is 8.00. The first-order valence-electron chi connectivity index (χ1n) is 8.75. The summed E-state index contributed by atoms with van der Waals surface area (Å²) in [5, 5.41) is 13.3. The van der Waals surface area contributed by atoms with Crippen molar-refractivity contribution in [2.45, 2.75) is 51.0 Å². The number of rotatable bonds is 1. The minimum atomic E-state index is 0.195. The maximum absolute atomic E-state index is 9.59. The standard InChI is InChI=1S/C20H26N2O/c23-21-18-12-7-5-3-1-2-4-6-8-14-20(18)22-16-15-17-11-9-10-13-19(17)22/h3-6,9-11,13,20,23H,1-2,7-8,12,14-16H2. The first-order chi connectivity index (χ1) is 11.4. The lowest BCUT2D eigenvalue weighted by atomic mass is 9.99. The lowest BCUT2D eigenvalue weighted by Crippen LogP contribution is -2.40. The average molecular weight is 310 g/mol. The lowest BCUT2D eigenvalue weighted by molar-refractivity contribution is 0.314. The lowest BCUT2D eigenvalue weighted by Gasteiger charge is -2.31. The maximum Gasteiger partial charge on any atom is 0.0798 e. The molecule has 122 valence electrons. The normalized spacial score (nSPS) is 24.3. The molecule has 1 N–H and O–H groups in total. The molecular weight excluding hydrogens is 284 g/mol. The molecule has 0 fully saturated rings. The summed E-state index contributed by atoms with van der Waals surface area (Å²) in [5.74, 6) is 0. The summed E-state index contributed by atoms with van der Waals surface area (Å²) in [6.45, 7) is 1.02. The second-order valence-electron chi connectivity index (χ2n) is 6.32. The van der Waals surface area contributed by atoms with Crippen LogP contribution < -0.4 is 4.90 Å². The Balaban J connectivity index is 1.83. The van der Waals surface area contributed by atoms with Gasteiger partial charge in [0.25, 0.3) is 0 Å². The maximum atomic E-state index is 9.59. The number of hydrogen-bond donors (Lipinski definition) is 1. The molecule has 0 aromatic heterocycles. The third-order valence-corrected chi connectivity index (χ3v) is 4.82. The zero-order chi connectivity index (χ0) is 15.9. The molecule has 0 saturated heterocycles. The van der Waals surface area contributed by atoms with Crippen LogP contribution >= 0.6 is 0 Å². The van der Waals surface area contributed by atoms with E-state index in [4.69, 9.17) is 0 Å². The van der Waals surface area contributed by atoms with Gasteiger partial charge in [0, 0.05) is 12.2 Å². The van der Waals surface area contributed by atoms with Crippen molar-refractivity contribution >= 4 is 11.4 Å². The fraction of sp³-hybridized carbons (Fsp3) is 0.450.